The van der Waals surface area contributed by atoms with Crippen LogP contribution in [0.15, 0.2) is 18.2 Å². The van der Waals surface area contributed by atoms with E-state index < -0.39 is 0 Å². The Balaban J connectivity index is 3.22. The second-order valence-corrected chi connectivity index (χ2v) is 3.33. The summed E-state index contributed by atoms with van der Waals surface area (Å²) in [7, 11) is 0. The van der Waals surface area contributed by atoms with Crippen molar-refractivity contribution in [2.24, 2.45) is 5.73 Å². The average molecular weight is 194 g/mol. The van der Waals surface area contributed by atoms with Crippen LogP contribution in [-0.2, 0) is 0 Å². The maximum Gasteiger partial charge on any atom is 0.274 e. The highest BCUT2D eigenvalue weighted by molar-refractivity contribution is 5.44. The fourth-order valence-electron chi connectivity index (χ4n) is 1.36. The zero-order valence-electron chi connectivity index (χ0n) is 8.36. The monoisotopic (exact) mass is 194 g/mol. The van der Waals surface area contributed by atoms with E-state index in [1.54, 1.807) is 12.1 Å². The number of hydrogen-bond acceptors (Lipinski definition) is 3. The Bertz CT molecular complexity index is 350. The molecule has 0 radical (unpaired) electrons. The third kappa shape index (κ3) is 2.09. The first-order chi connectivity index (χ1) is 6.56. The van der Waals surface area contributed by atoms with Gasteiger partial charge in [-0.25, -0.2) is 0 Å². The normalized spacial score (nSPS) is 12.5. The van der Waals surface area contributed by atoms with Crippen molar-refractivity contribution in [2.45, 2.75) is 26.3 Å². The van der Waals surface area contributed by atoms with Gasteiger partial charge in [-0.1, -0.05) is 18.6 Å². The third-order valence-corrected chi connectivity index (χ3v) is 2.22. The maximum absolute atomic E-state index is 10.7. The van der Waals surface area contributed by atoms with Crippen LogP contribution in [0.3, 0.4) is 0 Å². The summed E-state index contributed by atoms with van der Waals surface area (Å²) < 4.78 is 0. The second kappa shape index (κ2) is 4.19. The lowest BCUT2D eigenvalue weighted by Crippen LogP contribution is -2.11. The van der Waals surface area contributed by atoms with E-state index in [9.17, 15) is 10.1 Å². The molecule has 0 bridgehead atoms. The summed E-state index contributed by atoms with van der Waals surface area (Å²) in [4.78, 5) is 10.3. The van der Waals surface area contributed by atoms with Crippen LogP contribution in [-0.4, -0.2) is 4.92 Å². The van der Waals surface area contributed by atoms with Crippen LogP contribution in [0.2, 0.25) is 0 Å². The minimum Gasteiger partial charge on any atom is -0.324 e. The minimum atomic E-state index is -0.385. The highest BCUT2D eigenvalue weighted by Crippen LogP contribution is 2.26. The summed E-state index contributed by atoms with van der Waals surface area (Å²) in [6.07, 6.45) is 0.699. The molecule has 0 fully saturated rings. The summed E-state index contributed by atoms with van der Waals surface area (Å²) in [6.45, 7) is 3.81. The van der Waals surface area contributed by atoms with E-state index in [0.717, 1.165) is 5.56 Å². The van der Waals surface area contributed by atoms with Crippen LogP contribution in [0.25, 0.3) is 0 Å². The Morgan fingerprint density at radius 1 is 1.57 bits per heavy atom. The number of rotatable bonds is 3. The summed E-state index contributed by atoms with van der Waals surface area (Å²) in [5.41, 5.74) is 7.53. The van der Waals surface area contributed by atoms with Crippen molar-refractivity contribution < 1.29 is 4.92 Å². The quantitative estimate of drug-likeness (QED) is 0.593. The predicted molar refractivity (Wildman–Crippen MR) is 55.1 cm³/mol. The van der Waals surface area contributed by atoms with Gasteiger partial charge in [-0.2, -0.15) is 0 Å². The van der Waals surface area contributed by atoms with Gasteiger partial charge in [-0.15, -0.1) is 0 Å². The van der Waals surface area contributed by atoms with Gasteiger partial charge in [0, 0.05) is 17.7 Å². The van der Waals surface area contributed by atoms with Crippen molar-refractivity contribution in [1.29, 1.82) is 0 Å². The van der Waals surface area contributed by atoms with Crippen molar-refractivity contribution in [3.05, 3.63) is 39.4 Å². The number of aryl methyl sites for hydroxylation is 1. The van der Waals surface area contributed by atoms with Crippen molar-refractivity contribution in [2.75, 3.05) is 0 Å². The first kappa shape index (κ1) is 10.7. The summed E-state index contributed by atoms with van der Waals surface area (Å²) in [5.74, 6) is 0. The van der Waals surface area contributed by atoms with Gasteiger partial charge in [0.25, 0.3) is 5.69 Å². The van der Waals surface area contributed by atoms with Gasteiger partial charge in [-0.05, 0) is 19.4 Å². The Morgan fingerprint density at radius 2 is 2.21 bits per heavy atom. The van der Waals surface area contributed by atoms with Gasteiger partial charge < -0.3 is 5.73 Å². The molecule has 0 unspecified atom stereocenters. The number of nitrogens with two attached hydrogens (primary N) is 1. The van der Waals surface area contributed by atoms with Gasteiger partial charge in [0.15, 0.2) is 0 Å². The lowest BCUT2D eigenvalue weighted by atomic mass is 10.0. The first-order valence-electron chi connectivity index (χ1n) is 4.56. The van der Waals surface area contributed by atoms with E-state index >= 15 is 0 Å². The molecule has 1 aromatic carbocycles. The first-order valence-corrected chi connectivity index (χ1v) is 4.56. The van der Waals surface area contributed by atoms with Gasteiger partial charge in [0.2, 0.25) is 0 Å². The second-order valence-electron chi connectivity index (χ2n) is 3.33. The molecule has 14 heavy (non-hydrogen) atoms. The SMILES string of the molecule is CC[C@@H](N)c1cc(C)ccc1[N+](=O)[O-]. The lowest BCUT2D eigenvalue weighted by molar-refractivity contribution is -0.385. The highest BCUT2D eigenvalue weighted by Gasteiger charge is 2.17. The predicted octanol–water partition coefficient (Wildman–Crippen LogP) is 2.31. The molecular weight excluding hydrogens is 180 g/mol. The largest absolute Gasteiger partial charge is 0.324 e. The molecule has 0 aromatic heterocycles. The molecular formula is C10H14N2O2. The molecule has 1 aromatic rings. The summed E-state index contributed by atoms with van der Waals surface area (Å²) in [6, 6.07) is 4.77. The zero-order valence-corrected chi connectivity index (χ0v) is 8.36. The summed E-state index contributed by atoms with van der Waals surface area (Å²) >= 11 is 0. The topological polar surface area (TPSA) is 69.2 Å². The number of nitro benzene ring substituents is 1. The summed E-state index contributed by atoms with van der Waals surface area (Å²) in [5, 5.41) is 10.7. The molecule has 76 valence electrons. The third-order valence-electron chi connectivity index (χ3n) is 2.22. The molecule has 0 aliphatic carbocycles. The molecule has 0 aliphatic heterocycles. The van der Waals surface area contributed by atoms with Crippen LogP contribution >= 0.6 is 0 Å². The number of nitrogens with zero attached hydrogens (tertiary/aromatic N) is 1. The Morgan fingerprint density at radius 3 is 2.71 bits per heavy atom. The van der Waals surface area contributed by atoms with Gasteiger partial charge in [0.1, 0.15) is 0 Å². The molecule has 2 N–H and O–H groups in total. The van der Waals surface area contributed by atoms with Gasteiger partial charge >= 0.3 is 0 Å². The lowest BCUT2D eigenvalue weighted by Gasteiger charge is -2.10. The molecule has 0 amide bonds. The molecule has 1 atom stereocenters. The molecule has 0 spiro atoms. The minimum absolute atomic E-state index is 0.116. The Hall–Kier alpha value is -1.42. The van der Waals surface area contributed by atoms with E-state index in [4.69, 9.17) is 5.73 Å². The van der Waals surface area contributed by atoms with Crippen molar-refractivity contribution >= 4 is 5.69 Å². The molecule has 1 rings (SSSR count). The van der Waals surface area contributed by atoms with Crippen LogP contribution < -0.4 is 5.73 Å². The number of hydrogen-bond donors (Lipinski definition) is 1. The number of benzene rings is 1. The van der Waals surface area contributed by atoms with Crippen molar-refractivity contribution in [3.63, 3.8) is 0 Å². The molecule has 4 heteroatoms. The zero-order chi connectivity index (χ0) is 10.7. The fourth-order valence-corrected chi connectivity index (χ4v) is 1.36. The van der Waals surface area contributed by atoms with Crippen LogP contribution in [0.4, 0.5) is 5.69 Å². The van der Waals surface area contributed by atoms with Gasteiger partial charge in [-0.3, -0.25) is 10.1 Å². The van der Waals surface area contributed by atoms with E-state index in [0.29, 0.717) is 12.0 Å². The molecule has 0 aliphatic rings. The highest BCUT2D eigenvalue weighted by atomic mass is 16.6. The van der Waals surface area contributed by atoms with Crippen molar-refractivity contribution in [1.82, 2.24) is 0 Å². The van der Waals surface area contributed by atoms with E-state index in [1.165, 1.54) is 6.07 Å². The van der Waals surface area contributed by atoms with Crippen LogP contribution in [0.5, 0.6) is 0 Å². The number of nitro groups is 1. The average Bonchev–Trinajstić information content (AvgIpc) is 2.16. The van der Waals surface area contributed by atoms with Crippen LogP contribution in [0.1, 0.15) is 30.5 Å². The Kier molecular flexibility index (Phi) is 3.19. The van der Waals surface area contributed by atoms with E-state index in [2.05, 4.69) is 0 Å². The van der Waals surface area contributed by atoms with E-state index in [-0.39, 0.29) is 16.7 Å². The smallest absolute Gasteiger partial charge is 0.274 e. The standard InChI is InChI=1S/C10H14N2O2/c1-3-9(11)8-6-7(2)4-5-10(8)12(13)14/h4-6,9H,3,11H2,1-2H3/t9-/m1/s1. The van der Waals surface area contributed by atoms with E-state index in [1.807, 2.05) is 13.8 Å². The maximum atomic E-state index is 10.7. The van der Waals surface area contributed by atoms with Gasteiger partial charge in [0.05, 0.1) is 4.92 Å². The molecule has 4 nitrogen and oxygen atoms in total. The molecule has 0 saturated heterocycles. The van der Waals surface area contributed by atoms with Crippen LogP contribution in [0, 0.1) is 17.0 Å². The fraction of sp³-hybridized carbons (Fsp3) is 0.400. The van der Waals surface area contributed by atoms with Crippen molar-refractivity contribution in [3.8, 4) is 0 Å². The molecule has 0 saturated carbocycles. The Labute approximate surface area is 82.9 Å². The molecule has 0 heterocycles.